The summed E-state index contributed by atoms with van der Waals surface area (Å²) >= 11 is 0. The number of carbonyl (C=O) groups is 2. The van der Waals surface area contributed by atoms with Gasteiger partial charge in [0.05, 0.1) is 5.69 Å². The average Bonchev–Trinajstić information content (AvgIpc) is 3.20. The molecule has 0 unspecified atom stereocenters. The van der Waals surface area contributed by atoms with Gasteiger partial charge in [0.2, 0.25) is 0 Å². The number of nitrogens with zero attached hydrogens (tertiary/aromatic N) is 2. The summed E-state index contributed by atoms with van der Waals surface area (Å²) in [6.45, 7) is 1.75. The van der Waals surface area contributed by atoms with Crippen molar-refractivity contribution in [1.82, 2.24) is 15.1 Å². The second-order valence-electron chi connectivity index (χ2n) is 9.02. The Kier molecular flexibility index (Phi) is 4.48. The fraction of sp³-hybridized carbons (Fsp3) is 0.500. The van der Waals surface area contributed by atoms with Gasteiger partial charge in [-0.1, -0.05) is 6.92 Å². The van der Waals surface area contributed by atoms with Gasteiger partial charge in [-0.15, -0.1) is 8.78 Å². The van der Waals surface area contributed by atoms with Crippen molar-refractivity contribution in [2.24, 2.45) is 12.5 Å². The molecule has 1 aromatic heterocycles. The zero-order valence-electron chi connectivity index (χ0n) is 17.7. The number of hydrogen-bond acceptors (Lipinski definition) is 6. The summed E-state index contributed by atoms with van der Waals surface area (Å²) in [5.41, 5.74) is 1.19. The van der Waals surface area contributed by atoms with E-state index in [1.807, 2.05) is 13.0 Å². The van der Waals surface area contributed by atoms with E-state index in [0.717, 1.165) is 31.4 Å². The number of carbonyl (C=O) groups excluding carboxylic acids is 2. The highest BCUT2D eigenvalue weighted by Gasteiger charge is 2.68. The lowest BCUT2D eigenvalue weighted by molar-refractivity contribution is -0.286. The summed E-state index contributed by atoms with van der Waals surface area (Å²) < 4.78 is 41.9. The summed E-state index contributed by atoms with van der Waals surface area (Å²) in [4.78, 5) is 25.0. The molecule has 0 spiro atoms. The molecule has 3 fully saturated rings. The van der Waals surface area contributed by atoms with Crippen molar-refractivity contribution in [2.45, 2.75) is 50.9 Å². The molecule has 1 aliphatic heterocycles. The van der Waals surface area contributed by atoms with Crippen molar-refractivity contribution in [3.63, 3.8) is 0 Å². The van der Waals surface area contributed by atoms with Gasteiger partial charge >= 0.3 is 6.29 Å². The number of hydrogen-bond donors (Lipinski definition) is 1. The predicted octanol–water partition coefficient (Wildman–Crippen LogP) is 2.99. The van der Waals surface area contributed by atoms with Gasteiger partial charge < -0.3 is 19.5 Å². The van der Waals surface area contributed by atoms with Crippen molar-refractivity contribution in [3.05, 3.63) is 35.7 Å². The van der Waals surface area contributed by atoms with Gasteiger partial charge in [-0.05, 0) is 49.3 Å². The summed E-state index contributed by atoms with van der Waals surface area (Å²) in [7, 11) is 1.78. The Balaban J connectivity index is 1.09. The first kappa shape index (κ1) is 20.7. The molecule has 2 bridgehead atoms. The summed E-state index contributed by atoms with van der Waals surface area (Å²) in [5.74, 6) is -0.221. The second kappa shape index (κ2) is 6.91. The third-order valence-electron chi connectivity index (χ3n) is 6.40. The van der Waals surface area contributed by atoms with Gasteiger partial charge in [0, 0.05) is 25.1 Å². The zero-order chi connectivity index (χ0) is 22.7. The highest BCUT2D eigenvalue weighted by Crippen LogP contribution is 2.69. The first-order valence-corrected chi connectivity index (χ1v) is 10.5. The van der Waals surface area contributed by atoms with Crippen LogP contribution in [0.25, 0.3) is 0 Å². The number of Topliss-reactive ketones (excluding diaryl/α,β-unsaturated/α-hetero) is 1. The fourth-order valence-corrected chi connectivity index (χ4v) is 5.21. The van der Waals surface area contributed by atoms with Gasteiger partial charge in [-0.2, -0.15) is 5.10 Å². The molecule has 10 heteroatoms. The maximum atomic E-state index is 13.1. The SMILES string of the molecule is CCc1cc(C(=O)CC23CC(NC(=O)COc4ccc5c(c4)OC(F)(F)O5)(C2)C3)n(C)n1. The maximum absolute atomic E-state index is 13.1. The number of ketones is 1. The Hall–Kier alpha value is -3.17. The topological polar surface area (TPSA) is 91.7 Å². The number of aromatic nitrogens is 2. The summed E-state index contributed by atoms with van der Waals surface area (Å²) in [6, 6.07) is 5.84. The van der Waals surface area contributed by atoms with Crippen LogP contribution in [0.1, 0.15) is 48.8 Å². The molecule has 8 nitrogen and oxygen atoms in total. The van der Waals surface area contributed by atoms with E-state index in [1.54, 1.807) is 11.7 Å². The summed E-state index contributed by atoms with van der Waals surface area (Å²) in [6.07, 6.45) is -0.193. The summed E-state index contributed by atoms with van der Waals surface area (Å²) in [5, 5.41) is 7.32. The Morgan fingerprint density at radius 3 is 2.59 bits per heavy atom. The van der Waals surface area contributed by atoms with Crippen LogP contribution in [-0.2, 0) is 18.3 Å². The number of aryl methyl sites for hydroxylation is 2. The molecule has 3 saturated carbocycles. The van der Waals surface area contributed by atoms with Crippen molar-refractivity contribution in [2.75, 3.05) is 6.61 Å². The van der Waals surface area contributed by atoms with Crippen LogP contribution >= 0.6 is 0 Å². The van der Waals surface area contributed by atoms with E-state index < -0.39 is 6.29 Å². The third kappa shape index (κ3) is 3.57. The lowest BCUT2D eigenvalue weighted by Gasteiger charge is -2.70. The van der Waals surface area contributed by atoms with Crippen molar-refractivity contribution >= 4 is 11.7 Å². The molecule has 4 aliphatic rings. The van der Waals surface area contributed by atoms with E-state index in [1.165, 1.54) is 18.2 Å². The molecule has 0 radical (unpaired) electrons. The van der Waals surface area contributed by atoms with Crippen molar-refractivity contribution in [3.8, 4) is 17.2 Å². The molecule has 2 heterocycles. The van der Waals surface area contributed by atoms with E-state index in [-0.39, 0.29) is 46.5 Å². The fourth-order valence-electron chi connectivity index (χ4n) is 5.21. The average molecular weight is 447 g/mol. The highest BCUT2D eigenvalue weighted by atomic mass is 19.3. The van der Waals surface area contributed by atoms with E-state index in [4.69, 9.17) is 4.74 Å². The molecular weight excluding hydrogens is 424 g/mol. The van der Waals surface area contributed by atoms with Gasteiger partial charge in [-0.3, -0.25) is 14.3 Å². The first-order valence-electron chi connectivity index (χ1n) is 10.5. The standard InChI is InChI=1S/C22H23F2N3O5/c1-3-13-6-15(27(2)26-13)16(28)8-20-10-21(11-20,12-20)25-19(29)9-30-14-4-5-17-18(7-14)32-22(23,24)31-17/h4-7H,3,8-12H2,1-2H3,(H,25,29). The van der Waals surface area contributed by atoms with Crippen LogP contribution in [0.2, 0.25) is 0 Å². The van der Waals surface area contributed by atoms with Crippen LogP contribution in [-0.4, -0.2) is 39.9 Å². The minimum atomic E-state index is -3.70. The van der Waals surface area contributed by atoms with E-state index in [9.17, 15) is 18.4 Å². The minimum Gasteiger partial charge on any atom is -0.484 e. The highest BCUT2D eigenvalue weighted by molar-refractivity contribution is 5.95. The van der Waals surface area contributed by atoms with Crippen LogP contribution in [0.15, 0.2) is 24.3 Å². The number of nitrogens with one attached hydrogen (secondary N) is 1. The van der Waals surface area contributed by atoms with Gasteiger partial charge in [-0.25, -0.2) is 0 Å². The molecule has 0 atom stereocenters. The maximum Gasteiger partial charge on any atom is 0.586 e. The van der Waals surface area contributed by atoms with Crippen LogP contribution < -0.4 is 19.5 Å². The number of fused-ring (bicyclic) bond motifs is 1. The monoisotopic (exact) mass is 447 g/mol. The number of amides is 1. The number of alkyl halides is 2. The molecule has 32 heavy (non-hydrogen) atoms. The van der Waals surface area contributed by atoms with Crippen LogP contribution in [0, 0.1) is 5.41 Å². The predicted molar refractivity (Wildman–Crippen MR) is 107 cm³/mol. The molecular formula is C22H23F2N3O5. The minimum absolute atomic E-state index is 0.0512. The third-order valence-corrected chi connectivity index (χ3v) is 6.40. The van der Waals surface area contributed by atoms with Gasteiger partial charge in [0.25, 0.3) is 5.91 Å². The number of halogens is 2. The Morgan fingerprint density at radius 2 is 1.91 bits per heavy atom. The van der Waals surface area contributed by atoms with E-state index >= 15 is 0 Å². The number of rotatable bonds is 8. The molecule has 1 aromatic carbocycles. The lowest BCUT2D eigenvalue weighted by atomic mass is 9.38. The number of ether oxygens (including phenoxy) is 3. The smallest absolute Gasteiger partial charge is 0.484 e. The Bertz CT molecular complexity index is 1090. The van der Waals surface area contributed by atoms with Crippen LogP contribution in [0.4, 0.5) is 8.78 Å². The quantitative estimate of drug-likeness (QED) is 0.626. The lowest BCUT2D eigenvalue weighted by Crippen LogP contribution is -2.75. The molecule has 170 valence electrons. The van der Waals surface area contributed by atoms with Gasteiger partial charge in [0.15, 0.2) is 23.9 Å². The van der Waals surface area contributed by atoms with E-state index in [0.29, 0.717) is 12.1 Å². The van der Waals surface area contributed by atoms with Crippen LogP contribution in [0.5, 0.6) is 17.2 Å². The number of benzene rings is 1. The first-order chi connectivity index (χ1) is 15.1. The van der Waals surface area contributed by atoms with Crippen molar-refractivity contribution in [1.29, 1.82) is 0 Å². The normalized spacial score (nSPS) is 26.1. The Labute approximate surface area is 182 Å². The molecule has 1 amide bonds. The largest absolute Gasteiger partial charge is 0.586 e. The second-order valence-corrected chi connectivity index (χ2v) is 9.02. The molecule has 2 aromatic rings. The van der Waals surface area contributed by atoms with Gasteiger partial charge in [0.1, 0.15) is 11.4 Å². The molecule has 0 saturated heterocycles. The van der Waals surface area contributed by atoms with Crippen LogP contribution in [0.3, 0.4) is 0 Å². The molecule has 6 rings (SSSR count). The Morgan fingerprint density at radius 1 is 1.19 bits per heavy atom. The molecule has 1 N–H and O–H groups in total. The zero-order valence-corrected chi connectivity index (χ0v) is 17.7. The van der Waals surface area contributed by atoms with E-state index in [2.05, 4.69) is 19.9 Å². The van der Waals surface area contributed by atoms with Crippen molar-refractivity contribution < 1.29 is 32.6 Å². The molecule has 3 aliphatic carbocycles.